The van der Waals surface area contributed by atoms with E-state index in [9.17, 15) is 19.7 Å². The zero-order valence-corrected chi connectivity index (χ0v) is 12.7. The minimum Gasteiger partial charge on any atom is -0.445 e. The number of hydrogen-bond donors (Lipinski definition) is 1. The van der Waals surface area contributed by atoms with Crippen molar-refractivity contribution in [3.63, 3.8) is 0 Å². The topological polar surface area (TPSA) is 111 Å². The first-order valence-electron chi connectivity index (χ1n) is 7.12. The number of nitrogens with zero attached hydrogens (tertiary/aromatic N) is 2. The Hall–Kier alpha value is -3.29. The maximum absolute atomic E-state index is 12.6. The molecule has 1 aromatic carbocycles. The third-order valence-corrected chi connectivity index (χ3v) is 3.81. The van der Waals surface area contributed by atoms with Gasteiger partial charge >= 0.3 is 11.7 Å². The molecule has 1 aromatic heterocycles. The number of esters is 1. The van der Waals surface area contributed by atoms with Crippen LogP contribution in [0.3, 0.4) is 0 Å². The van der Waals surface area contributed by atoms with E-state index in [1.165, 1.54) is 19.2 Å². The van der Waals surface area contributed by atoms with Gasteiger partial charge in [0.05, 0.1) is 10.5 Å². The number of anilines is 1. The highest BCUT2D eigenvalue weighted by molar-refractivity contribution is 6.03. The highest BCUT2D eigenvalue weighted by atomic mass is 16.6. The van der Waals surface area contributed by atoms with E-state index >= 15 is 0 Å². The highest BCUT2D eigenvalue weighted by Crippen LogP contribution is 2.30. The quantitative estimate of drug-likeness (QED) is 0.525. The maximum atomic E-state index is 12.6. The standard InChI is InChI=1S/C16H13N3O5/c1-16(8-10-4-2-3-5-11(10)14(20)24-16)15(21)18-12-6-7-17-9-13(12)19(22)23/h2-7,9H,8H2,1H3,(H,17,18,21). The lowest BCUT2D eigenvalue weighted by atomic mass is 9.89. The molecular weight excluding hydrogens is 314 g/mol. The van der Waals surface area contributed by atoms with Gasteiger partial charge in [-0.3, -0.25) is 19.9 Å². The normalized spacial score (nSPS) is 19.1. The Morgan fingerprint density at radius 2 is 2.12 bits per heavy atom. The third-order valence-electron chi connectivity index (χ3n) is 3.81. The minimum atomic E-state index is -1.46. The zero-order chi connectivity index (χ0) is 17.3. The van der Waals surface area contributed by atoms with Gasteiger partial charge in [-0.15, -0.1) is 0 Å². The van der Waals surface area contributed by atoms with E-state index in [0.717, 1.165) is 6.20 Å². The van der Waals surface area contributed by atoms with Gasteiger partial charge in [-0.2, -0.15) is 0 Å². The number of carbonyl (C=O) groups excluding carboxylic acids is 2. The van der Waals surface area contributed by atoms with Crippen LogP contribution in [0.1, 0.15) is 22.8 Å². The van der Waals surface area contributed by atoms with Crippen molar-refractivity contribution in [2.45, 2.75) is 18.9 Å². The average Bonchev–Trinajstić information content (AvgIpc) is 2.55. The first-order valence-corrected chi connectivity index (χ1v) is 7.12. The molecule has 1 N–H and O–H groups in total. The first-order chi connectivity index (χ1) is 11.4. The van der Waals surface area contributed by atoms with Crippen LogP contribution in [0.15, 0.2) is 42.7 Å². The Kier molecular flexibility index (Phi) is 3.72. The van der Waals surface area contributed by atoms with E-state index in [4.69, 9.17) is 4.74 Å². The lowest BCUT2D eigenvalue weighted by Crippen LogP contribution is -2.49. The Labute approximate surface area is 136 Å². The van der Waals surface area contributed by atoms with Crippen LogP contribution in [0.4, 0.5) is 11.4 Å². The van der Waals surface area contributed by atoms with Gasteiger partial charge < -0.3 is 10.1 Å². The molecule has 0 aliphatic carbocycles. The Bertz CT molecular complexity index is 851. The molecule has 0 bridgehead atoms. The highest BCUT2D eigenvalue weighted by Gasteiger charge is 2.43. The molecule has 0 fully saturated rings. The summed E-state index contributed by atoms with van der Waals surface area (Å²) in [5.41, 5.74) is -0.691. The van der Waals surface area contributed by atoms with Crippen LogP contribution in [0.2, 0.25) is 0 Å². The maximum Gasteiger partial charge on any atom is 0.339 e. The molecule has 8 heteroatoms. The van der Waals surface area contributed by atoms with E-state index in [1.807, 2.05) is 0 Å². The van der Waals surface area contributed by atoms with Crippen molar-refractivity contribution in [3.05, 3.63) is 64.0 Å². The predicted molar refractivity (Wildman–Crippen MR) is 83.5 cm³/mol. The summed E-state index contributed by atoms with van der Waals surface area (Å²) in [6.45, 7) is 1.48. The van der Waals surface area contributed by atoms with Crippen molar-refractivity contribution in [1.29, 1.82) is 0 Å². The van der Waals surface area contributed by atoms with Crippen molar-refractivity contribution in [2.24, 2.45) is 0 Å². The van der Waals surface area contributed by atoms with Crippen LogP contribution < -0.4 is 5.32 Å². The number of rotatable bonds is 3. The van der Waals surface area contributed by atoms with Gasteiger partial charge in [-0.05, 0) is 24.6 Å². The molecule has 1 aliphatic heterocycles. The molecule has 122 valence electrons. The molecule has 0 saturated heterocycles. The fraction of sp³-hybridized carbons (Fsp3) is 0.188. The van der Waals surface area contributed by atoms with Crippen LogP contribution in [0, 0.1) is 10.1 Å². The van der Waals surface area contributed by atoms with Crippen molar-refractivity contribution in [3.8, 4) is 0 Å². The monoisotopic (exact) mass is 327 g/mol. The fourth-order valence-corrected chi connectivity index (χ4v) is 2.55. The van der Waals surface area contributed by atoms with Gasteiger partial charge in [0.15, 0.2) is 5.60 Å². The van der Waals surface area contributed by atoms with Crippen LogP contribution in [-0.4, -0.2) is 27.4 Å². The largest absolute Gasteiger partial charge is 0.445 e. The predicted octanol–water partition coefficient (Wildman–Crippen LogP) is 2.10. The van der Waals surface area contributed by atoms with Crippen LogP contribution in [0.25, 0.3) is 0 Å². The zero-order valence-electron chi connectivity index (χ0n) is 12.7. The number of hydrogen-bond acceptors (Lipinski definition) is 6. The van der Waals surface area contributed by atoms with Crippen molar-refractivity contribution in [2.75, 3.05) is 5.32 Å². The van der Waals surface area contributed by atoms with E-state index < -0.39 is 22.4 Å². The average molecular weight is 327 g/mol. The Morgan fingerprint density at radius 3 is 2.88 bits per heavy atom. The summed E-state index contributed by atoms with van der Waals surface area (Å²) in [5.74, 6) is -1.24. The van der Waals surface area contributed by atoms with Gasteiger partial charge in [-0.1, -0.05) is 18.2 Å². The minimum absolute atomic E-state index is 0.00358. The Balaban J connectivity index is 1.89. The van der Waals surface area contributed by atoms with E-state index in [2.05, 4.69) is 10.3 Å². The molecular formula is C16H13N3O5. The second-order valence-electron chi connectivity index (χ2n) is 5.56. The SMILES string of the molecule is CC1(C(=O)Nc2ccncc2[N+](=O)[O-])Cc2ccccc2C(=O)O1. The molecule has 24 heavy (non-hydrogen) atoms. The molecule has 2 aromatic rings. The summed E-state index contributed by atoms with van der Waals surface area (Å²) in [5, 5.41) is 13.5. The summed E-state index contributed by atoms with van der Waals surface area (Å²) in [6, 6.07) is 8.17. The summed E-state index contributed by atoms with van der Waals surface area (Å²) >= 11 is 0. The third kappa shape index (κ3) is 2.69. The molecule has 1 atom stereocenters. The number of ether oxygens (including phenoxy) is 1. The Morgan fingerprint density at radius 1 is 1.38 bits per heavy atom. The molecule has 1 amide bonds. The number of nitro groups is 1. The molecule has 0 saturated carbocycles. The summed E-state index contributed by atoms with van der Waals surface area (Å²) in [6.07, 6.45) is 2.55. The summed E-state index contributed by atoms with van der Waals surface area (Å²) in [7, 11) is 0. The lowest BCUT2D eigenvalue weighted by molar-refractivity contribution is -0.384. The molecule has 3 rings (SSSR count). The first kappa shape index (κ1) is 15.6. The number of carbonyl (C=O) groups is 2. The molecule has 0 spiro atoms. The number of amides is 1. The van der Waals surface area contributed by atoms with Crippen LogP contribution >= 0.6 is 0 Å². The van der Waals surface area contributed by atoms with Gasteiger partial charge in [0.25, 0.3) is 5.91 Å². The number of fused-ring (bicyclic) bond motifs is 1. The van der Waals surface area contributed by atoms with E-state index in [1.54, 1.807) is 24.3 Å². The number of nitrogens with one attached hydrogen (secondary N) is 1. The fourth-order valence-electron chi connectivity index (χ4n) is 2.55. The van der Waals surface area contributed by atoms with E-state index in [0.29, 0.717) is 11.1 Å². The second kappa shape index (κ2) is 5.73. The lowest BCUT2D eigenvalue weighted by Gasteiger charge is -2.32. The summed E-state index contributed by atoms with van der Waals surface area (Å²) < 4.78 is 5.30. The second-order valence-corrected chi connectivity index (χ2v) is 5.56. The van der Waals surface area contributed by atoms with Crippen LogP contribution in [0.5, 0.6) is 0 Å². The number of benzene rings is 1. The number of pyridine rings is 1. The van der Waals surface area contributed by atoms with Crippen molar-refractivity contribution in [1.82, 2.24) is 4.98 Å². The molecule has 1 unspecified atom stereocenters. The molecule has 1 aliphatic rings. The molecule has 8 nitrogen and oxygen atoms in total. The van der Waals surface area contributed by atoms with Gasteiger partial charge in [-0.25, -0.2) is 4.79 Å². The molecule has 0 radical (unpaired) electrons. The smallest absolute Gasteiger partial charge is 0.339 e. The van der Waals surface area contributed by atoms with Crippen molar-refractivity contribution < 1.29 is 19.2 Å². The van der Waals surface area contributed by atoms with E-state index in [-0.39, 0.29) is 17.8 Å². The number of aromatic nitrogens is 1. The van der Waals surface area contributed by atoms with Crippen molar-refractivity contribution >= 4 is 23.3 Å². The molecule has 2 heterocycles. The van der Waals surface area contributed by atoms with Gasteiger partial charge in [0.1, 0.15) is 11.9 Å². The summed E-state index contributed by atoms with van der Waals surface area (Å²) in [4.78, 5) is 38.7. The van der Waals surface area contributed by atoms with Crippen LogP contribution in [-0.2, 0) is 16.0 Å². The van der Waals surface area contributed by atoms with Gasteiger partial charge in [0.2, 0.25) is 0 Å². The number of cyclic esters (lactones) is 1. The van der Waals surface area contributed by atoms with Gasteiger partial charge in [0, 0.05) is 12.6 Å².